The van der Waals surface area contributed by atoms with E-state index < -0.39 is 11.6 Å². The molecular weight excluding hydrogens is 360 g/mol. The molecule has 0 spiro atoms. The number of nitrogens with zero attached hydrogens (tertiary/aromatic N) is 3. The maximum atomic E-state index is 12.2. The van der Waals surface area contributed by atoms with Crippen LogP contribution < -0.4 is 15.6 Å². The second-order valence-electron chi connectivity index (χ2n) is 6.17. The molecule has 0 aliphatic heterocycles. The van der Waals surface area contributed by atoms with Gasteiger partial charge in [-0.3, -0.25) is 4.79 Å². The lowest BCUT2D eigenvalue weighted by Crippen LogP contribution is -2.39. The summed E-state index contributed by atoms with van der Waals surface area (Å²) in [6.45, 7) is 11.2. The number of hydrogen-bond donors (Lipinski definition) is 1. The number of aryl methyl sites for hydroxylation is 2. The number of nitrogens with one attached hydrogen (secondary N) is 1. The molecule has 2 rings (SSSR count). The molecule has 28 heavy (non-hydrogen) atoms. The van der Waals surface area contributed by atoms with E-state index in [-0.39, 0.29) is 12.2 Å². The molecule has 0 radical (unpaired) electrons. The van der Waals surface area contributed by atoms with E-state index in [0.717, 1.165) is 5.69 Å². The number of carbonyl (C=O) groups excluding carboxylic acids is 1. The molecule has 0 amide bonds. The van der Waals surface area contributed by atoms with Crippen molar-refractivity contribution in [1.82, 2.24) is 14.8 Å². The van der Waals surface area contributed by atoms with E-state index >= 15 is 0 Å². The third-order valence-corrected chi connectivity index (χ3v) is 3.62. The highest BCUT2D eigenvalue weighted by Gasteiger charge is 2.31. The van der Waals surface area contributed by atoms with Gasteiger partial charge in [0, 0.05) is 7.05 Å². The predicted octanol–water partition coefficient (Wildman–Crippen LogP) is 3.23. The van der Waals surface area contributed by atoms with Gasteiger partial charge < -0.3 is 14.8 Å². The van der Waals surface area contributed by atoms with Crippen molar-refractivity contribution in [2.75, 3.05) is 11.9 Å². The smallest absolute Gasteiger partial charge is 0.349 e. The molecule has 0 unspecified atom stereocenters. The summed E-state index contributed by atoms with van der Waals surface area (Å²) >= 11 is 0. The van der Waals surface area contributed by atoms with Crippen LogP contribution in [-0.2, 0) is 23.0 Å². The zero-order valence-electron chi connectivity index (χ0n) is 17.7. The first-order chi connectivity index (χ1) is 13.3. The fraction of sp³-hybridized carbons (Fsp3) is 0.500. The highest BCUT2D eigenvalue weighted by Crippen LogP contribution is 2.21. The summed E-state index contributed by atoms with van der Waals surface area (Å²) in [7, 11) is 1.61. The van der Waals surface area contributed by atoms with E-state index in [9.17, 15) is 9.59 Å². The third kappa shape index (κ3) is 6.07. The van der Waals surface area contributed by atoms with Gasteiger partial charge in [0.1, 0.15) is 17.3 Å². The zero-order chi connectivity index (χ0) is 21.3. The van der Waals surface area contributed by atoms with E-state index in [1.165, 1.54) is 10.9 Å². The minimum atomic E-state index is -1.12. The summed E-state index contributed by atoms with van der Waals surface area (Å²) in [5.41, 5.74) is -0.171. The molecule has 8 nitrogen and oxygen atoms in total. The minimum absolute atomic E-state index is 0.243. The van der Waals surface area contributed by atoms with Crippen LogP contribution in [0.25, 0.3) is 0 Å². The third-order valence-electron chi connectivity index (χ3n) is 3.62. The van der Waals surface area contributed by atoms with Crippen LogP contribution in [0.3, 0.4) is 0 Å². The molecule has 0 saturated heterocycles. The Morgan fingerprint density at radius 2 is 1.93 bits per heavy atom. The summed E-state index contributed by atoms with van der Waals surface area (Å²) in [5, 5.41) is 7.15. The SMILES string of the molecule is CC.CCOC(=O)C(C)(C)Oc1ccc(Nc2cc(CC)nn(C)c2=O)nc1. The second kappa shape index (κ2) is 10.4. The van der Waals surface area contributed by atoms with Gasteiger partial charge in [0.15, 0.2) is 5.60 Å². The number of aromatic nitrogens is 3. The van der Waals surface area contributed by atoms with Gasteiger partial charge in [-0.25, -0.2) is 14.5 Å². The standard InChI is InChI=1S/C18H24N4O4.C2H6/c1-6-12-10-14(16(23)22(5)21-12)20-15-9-8-13(11-19-15)26-18(3,4)17(24)25-7-2;1-2/h8-11H,6-7H2,1-5H3,(H,19,20);1-2H3. The van der Waals surface area contributed by atoms with Crippen LogP contribution in [0.5, 0.6) is 5.75 Å². The first-order valence-corrected chi connectivity index (χ1v) is 9.43. The lowest BCUT2D eigenvalue weighted by molar-refractivity contribution is -0.158. The van der Waals surface area contributed by atoms with Crippen molar-refractivity contribution in [3.05, 3.63) is 40.4 Å². The van der Waals surface area contributed by atoms with Crippen LogP contribution >= 0.6 is 0 Å². The van der Waals surface area contributed by atoms with Crippen LogP contribution in [0, 0.1) is 0 Å². The molecule has 0 aliphatic rings. The monoisotopic (exact) mass is 390 g/mol. The van der Waals surface area contributed by atoms with E-state index in [1.54, 1.807) is 46.0 Å². The Bertz CT molecular complexity index is 829. The van der Waals surface area contributed by atoms with Crippen molar-refractivity contribution in [1.29, 1.82) is 0 Å². The zero-order valence-corrected chi connectivity index (χ0v) is 17.7. The quantitative estimate of drug-likeness (QED) is 0.725. The first kappa shape index (κ1) is 23.1. The molecule has 0 bridgehead atoms. The van der Waals surface area contributed by atoms with Crippen LogP contribution in [0.1, 0.15) is 47.2 Å². The Hall–Kier alpha value is -2.90. The van der Waals surface area contributed by atoms with E-state index in [4.69, 9.17) is 9.47 Å². The van der Waals surface area contributed by atoms with Crippen molar-refractivity contribution in [3.63, 3.8) is 0 Å². The van der Waals surface area contributed by atoms with E-state index in [0.29, 0.717) is 23.7 Å². The number of ether oxygens (including phenoxy) is 2. The molecule has 8 heteroatoms. The number of esters is 1. The van der Waals surface area contributed by atoms with E-state index in [2.05, 4.69) is 15.4 Å². The van der Waals surface area contributed by atoms with Crippen molar-refractivity contribution >= 4 is 17.5 Å². The highest BCUT2D eigenvalue weighted by molar-refractivity contribution is 5.79. The molecule has 0 atom stereocenters. The average molecular weight is 390 g/mol. The Kier molecular flexibility index (Phi) is 8.63. The van der Waals surface area contributed by atoms with Gasteiger partial charge in [-0.2, -0.15) is 5.10 Å². The summed E-state index contributed by atoms with van der Waals surface area (Å²) in [6, 6.07) is 5.04. The molecule has 0 saturated carbocycles. The molecule has 154 valence electrons. The number of hydrogen-bond acceptors (Lipinski definition) is 7. The van der Waals surface area contributed by atoms with Gasteiger partial charge in [-0.05, 0) is 45.4 Å². The highest BCUT2D eigenvalue weighted by atomic mass is 16.6. The Morgan fingerprint density at radius 1 is 1.25 bits per heavy atom. The Labute approximate surface area is 165 Å². The minimum Gasteiger partial charge on any atom is -0.475 e. The topological polar surface area (TPSA) is 95.3 Å². The summed E-state index contributed by atoms with van der Waals surface area (Å²) in [6.07, 6.45) is 2.20. The van der Waals surface area contributed by atoms with Crippen LogP contribution in [0.2, 0.25) is 0 Å². The van der Waals surface area contributed by atoms with Crippen LogP contribution in [0.15, 0.2) is 29.2 Å². The van der Waals surface area contributed by atoms with Crippen molar-refractivity contribution < 1.29 is 14.3 Å². The summed E-state index contributed by atoms with van der Waals surface area (Å²) < 4.78 is 11.9. The van der Waals surface area contributed by atoms with Crippen LogP contribution in [0.4, 0.5) is 11.5 Å². The lowest BCUT2D eigenvalue weighted by atomic mass is 10.1. The number of rotatable bonds is 7. The first-order valence-electron chi connectivity index (χ1n) is 9.43. The average Bonchev–Trinajstić information content (AvgIpc) is 2.68. The Balaban J connectivity index is 0.00000190. The van der Waals surface area contributed by atoms with Gasteiger partial charge in [-0.1, -0.05) is 20.8 Å². The molecule has 0 aromatic carbocycles. The van der Waals surface area contributed by atoms with Crippen molar-refractivity contribution in [3.8, 4) is 5.75 Å². The molecule has 0 fully saturated rings. The Morgan fingerprint density at radius 3 is 2.46 bits per heavy atom. The number of pyridine rings is 1. The summed E-state index contributed by atoms with van der Waals surface area (Å²) in [5.74, 6) is 0.455. The van der Waals surface area contributed by atoms with Crippen LogP contribution in [-0.4, -0.2) is 32.9 Å². The van der Waals surface area contributed by atoms with E-state index in [1.807, 2.05) is 20.8 Å². The summed E-state index contributed by atoms with van der Waals surface area (Å²) in [4.78, 5) is 28.3. The van der Waals surface area contributed by atoms with Gasteiger partial charge >= 0.3 is 5.97 Å². The molecule has 1 N–H and O–H groups in total. The normalized spacial score (nSPS) is 10.5. The molecular formula is C20H30N4O4. The van der Waals surface area contributed by atoms with Crippen molar-refractivity contribution in [2.45, 2.75) is 53.6 Å². The number of anilines is 2. The maximum absolute atomic E-state index is 12.2. The fourth-order valence-corrected chi connectivity index (χ4v) is 2.23. The largest absolute Gasteiger partial charge is 0.475 e. The predicted molar refractivity (Wildman–Crippen MR) is 109 cm³/mol. The number of carbonyl (C=O) groups is 1. The maximum Gasteiger partial charge on any atom is 0.349 e. The molecule has 2 aromatic rings. The fourth-order valence-electron chi connectivity index (χ4n) is 2.23. The molecule has 2 aromatic heterocycles. The van der Waals surface area contributed by atoms with Gasteiger partial charge in [0.05, 0.1) is 18.5 Å². The van der Waals surface area contributed by atoms with Gasteiger partial charge in [0.2, 0.25) is 0 Å². The lowest BCUT2D eigenvalue weighted by Gasteiger charge is -2.23. The molecule has 2 heterocycles. The van der Waals surface area contributed by atoms with Gasteiger partial charge in [-0.15, -0.1) is 0 Å². The second-order valence-corrected chi connectivity index (χ2v) is 6.17. The van der Waals surface area contributed by atoms with Gasteiger partial charge in [0.25, 0.3) is 5.56 Å². The molecule has 0 aliphatic carbocycles. The van der Waals surface area contributed by atoms with Crippen molar-refractivity contribution in [2.24, 2.45) is 7.05 Å².